The first kappa shape index (κ1) is 10.6. The monoisotopic (exact) mass is 235 g/mol. The lowest BCUT2D eigenvalue weighted by Gasteiger charge is -2.36. The summed E-state index contributed by atoms with van der Waals surface area (Å²) >= 11 is 2.07. The Balaban J connectivity index is 1.96. The van der Waals surface area contributed by atoms with Gasteiger partial charge in [0.2, 0.25) is 0 Å². The molecule has 2 unspecified atom stereocenters. The Kier molecular flexibility index (Phi) is 2.48. The van der Waals surface area contributed by atoms with Crippen molar-refractivity contribution in [2.75, 3.05) is 0 Å². The summed E-state index contributed by atoms with van der Waals surface area (Å²) in [6.45, 7) is 2.05. The van der Waals surface area contributed by atoms with E-state index in [4.69, 9.17) is 0 Å². The first-order valence-electron chi connectivity index (χ1n) is 5.97. The van der Waals surface area contributed by atoms with Crippen LogP contribution in [0.1, 0.15) is 36.9 Å². The van der Waals surface area contributed by atoms with E-state index in [1.165, 1.54) is 12.8 Å². The highest BCUT2D eigenvalue weighted by Gasteiger charge is 2.45. The van der Waals surface area contributed by atoms with Gasteiger partial charge in [0.25, 0.3) is 0 Å². The summed E-state index contributed by atoms with van der Waals surface area (Å²) in [5.41, 5.74) is 1.37. The second kappa shape index (κ2) is 3.74. The van der Waals surface area contributed by atoms with Crippen molar-refractivity contribution in [1.82, 2.24) is 4.98 Å². The smallest absolute Gasteiger partial charge is 0.109 e. The molecule has 0 aromatic carbocycles. The molecule has 2 bridgehead atoms. The number of pyridine rings is 1. The minimum absolute atomic E-state index is 0.644. The van der Waals surface area contributed by atoms with E-state index in [2.05, 4.69) is 16.7 Å². The van der Waals surface area contributed by atoms with Crippen LogP contribution in [0.2, 0.25) is 0 Å². The van der Waals surface area contributed by atoms with Crippen LogP contribution in [0.15, 0.2) is 18.3 Å². The van der Waals surface area contributed by atoms with Crippen molar-refractivity contribution in [3.05, 3.63) is 29.6 Å². The number of aromatic nitrogens is 1. The highest BCUT2D eigenvalue weighted by molar-refractivity contribution is 8.00. The van der Waals surface area contributed by atoms with Gasteiger partial charge in [-0.25, -0.2) is 0 Å². The van der Waals surface area contributed by atoms with Gasteiger partial charge in [0.05, 0.1) is 5.69 Å². The lowest BCUT2D eigenvalue weighted by molar-refractivity contribution is 0.0147. The summed E-state index contributed by atoms with van der Waals surface area (Å²) in [5.74, 6) is 0. The number of thioether (sulfide) groups is 1. The van der Waals surface area contributed by atoms with Crippen molar-refractivity contribution < 1.29 is 5.11 Å². The first-order valence-corrected chi connectivity index (χ1v) is 6.92. The SMILES string of the molecule is Cc1cccnc1C1(O)CC2CCC(C1)S2. The lowest BCUT2D eigenvalue weighted by atomic mass is 9.87. The fourth-order valence-corrected chi connectivity index (χ4v) is 4.92. The summed E-state index contributed by atoms with van der Waals surface area (Å²) in [7, 11) is 0. The van der Waals surface area contributed by atoms with Gasteiger partial charge in [-0.2, -0.15) is 11.8 Å². The van der Waals surface area contributed by atoms with Gasteiger partial charge in [-0.05, 0) is 44.2 Å². The molecule has 0 spiro atoms. The molecule has 1 aromatic heterocycles. The Morgan fingerprint density at radius 1 is 1.38 bits per heavy atom. The summed E-state index contributed by atoms with van der Waals surface area (Å²) in [4.78, 5) is 4.41. The molecular weight excluding hydrogens is 218 g/mol. The number of rotatable bonds is 1. The fraction of sp³-hybridized carbons (Fsp3) is 0.615. The second-order valence-electron chi connectivity index (χ2n) is 5.07. The normalized spacial score (nSPS) is 37.6. The van der Waals surface area contributed by atoms with Crippen LogP contribution in [0.5, 0.6) is 0 Å². The van der Waals surface area contributed by atoms with Crippen molar-refractivity contribution in [3.8, 4) is 0 Å². The van der Waals surface area contributed by atoms with Crippen LogP contribution in [-0.4, -0.2) is 20.6 Å². The molecule has 2 aliphatic heterocycles. The van der Waals surface area contributed by atoms with Crippen LogP contribution >= 0.6 is 11.8 Å². The molecule has 3 heterocycles. The second-order valence-corrected chi connectivity index (χ2v) is 6.67. The van der Waals surface area contributed by atoms with Gasteiger partial charge in [0, 0.05) is 16.7 Å². The number of nitrogens with zero attached hydrogens (tertiary/aromatic N) is 1. The summed E-state index contributed by atoms with van der Waals surface area (Å²) < 4.78 is 0. The molecule has 2 atom stereocenters. The van der Waals surface area contributed by atoms with Gasteiger partial charge in [-0.3, -0.25) is 4.98 Å². The average molecular weight is 235 g/mol. The predicted molar refractivity (Wildman–Crippen MR) is 66.5 cm³/mol. The van der Waals surface area contributed by atoms with E-state index in [-0.39, 0.29) is 0 Å². The van der Waals surface area contributed by atoms with Gasteiger partial charge < -0.3 is 5.11 Å². The first-order chi connectivity index (χ1) is 7.67. The van der Waals surface area contributed by atoms with E-state index >= 15 is 0 Å². The van der Waals surface area contributed by atoms with Crippen molar-refractivity contribution in [3.63, 3.8) is 0 Å². The molecule has 86 valence electrons. The van der Waals surface area contributed by atoms with Gasteiger partial charge in [-0.15, -0.1) is 0 Å². The highest BCUT2D eigenvalue weighted by atomic mass is 32.2. The number of aryl methyl sites for hydroxylation is 1. The van der Waals surface area contributed by atoms with Crippen LogP contribution in [0.3, 0.4) is 0 Å². The fourth-order valence-electron chi connectivity index (χ4n) is 3.08. The maximum atomic E-state index is 10.8. The van der Waals surface area contributed by atoms with Crippen molar-refractivity contribution in [2.45, 2.75) is 48.7 Å². The molecule has 0 aliphatic carbocycles. The average Bonchev–Trinajstić information content (AvgIpc) is 2.59. The van der Waals surface area contributed by atoms with Crippen molar-refractivity contribution in [1.29, 1.82) is 0 Å². The molecule has 2 nitrogen and oxygen atoms in total. The maximum Gasteiger partial charge on any atom is 0.109 e. The highest BCUT2D eigenvalue weighted by Crippen LogP contribution is 2.51. The van der Waals surface area contributed by atoms with E-state index < -0.39 is 5.60 Å². The van der Waals surface area contributed by atoms with Gasteiger partial charge in [0.1, 0.15) is 5.60 Å². The zero-order valence-corrected chi connectivity index (χ0v) is 10.3. The third-order valence-electron chi connectivity index (χ3n) is 3.78. The number of fused-ring (bicyclic) bond motifs is 2. The molecule has 16 heavy (non-hydrogen) atoms. The molecule has 3 heteroatoms. The standard InChI is InChI=1S/C13H17NOS/c1-9-3-2-6-14-12(9)13(15)7-10-4-5-11(8-13)16-10/h2-3,6,10-11,15H,4-5,7-8H2,1H3. The van der Waals surface area contributed by atoms with E-state index in [9.17, 15) is 5.11 Å². The third kappa shape index (κ3) is 1.66. The molecule has 1 N–H and O–H groups in total. The van der Waals surface area contributed by atoms with Gasteiger partial charge in [0.15, 0.2) is 0 Å². The molecule has 2 fully saturated rings. The summed E-state index contributed by atoms with van der Waals surface area (Å²) in [6.07, 6.45) is 6.09. The van der Waals surface area contributed by atoms with Crippen LogP contribution in [-0.2, 0) is 5.60 Å². The third-order valence-corrected chi connectivity index (χ3v) is 5.35. The molecule has 0 saturated carbocycles. The Morgan fingerprint density at radius 2 is 2.06 bits per heavy atom. The molecular formula is C13H17NOS. The topological polar surface area (TPSA) is 33.1 Å². The largest absolute Gasteiger partial charge is 0.383 e. The minimum Gasteiger partial charge on any atom is -0.383 e. The molecule has 1 aromatic rings. The van der Waals surface area contributed by atoms with Crippen LogP contribution in [0.4, 0.5) is 0 Å². The zero-order valence-electron chi connectivity index (χ0n) is 9.52. The Bertz CT molecular complexity index is 395. The number of aliphatic hydroxyl groups is 1. The van der Waals surface area contributed by atoms with Crippen LogP contribution < -0.4 is 0 Å². The van der Waals surface area contributed by atoms with Gasteiger partial charge in [-0.1, -0.05) is 6.07 Å². The minimum atomic E-state index is -0.664. The van der Waals surface area contributed by atoms with Crippen molar-refractivity contribution in [2.24, 2.45) is 0 Å². The van der Waals surface area contributed by atoms with Gasteiger partial charge >= 0.3 is 0 Å². The predicted octanol–water partition coefficient (Wildman–Crippen LogP) is 2.64. The van der Waals surface area contributed by atoms with Crippen LogP contribution in [0.25, 0.3) is 0 Å². The maximum absolute atomic E-state index is 10.8. The Morgan fingerprint density at radius 3 is 2.69 bits per heavy atom. The van der Waals surface area contributed by atoms with E-state index in [0.29, 0.717) is 10.5 Å². The Hall–Kier alpha value is -0.540. The molecule has 0 amide bonds. The molecule has 0 radical (unpaired) electrons. The van der Waals surface area contributed by atoms with Crippen molar-refractivity contribution >= 4 is 11.8 Å². The summed E-state index contributed by atoms with van der Waals surface area (Å²) in [5, 5.41) is 12.1. The number of hydrogen-bond acceptors (Lipinski definition) is 3. The van der Waals surface area contributed by atoms with Crippen LogP contribution in [0, 0.1) is 6.92 Å². The molecule has 2 saturated heterocycles. The van der Waals surface area contributed by atoms with E-state index in [0.717, 1.165) is 24.1 Å². The lowest BCUT2D eigenvalue weighted by Crippen LogP contribution is -2.36. The molecule has 3 rings (SSSR count). The Labute approximate surface area is 100 Å². The van der Waals surface area contributed by atoms with E-state index in [1.807, 2.05) is 19.1 Å². The summed E-state index contributed by atoms with van der Waals surface area (Å²) in [6, 6.07) is 3.98. The molecule has 2 aliphatic rings. The zero-order chi connectivity index (χ0) is 11.2. The number of hydrogen-bond donors (Lipinski definition) is 1. The quantitative estimate of drug-likeness (QED) is 0.812. The van der Waals surface area contributed by atoms with E-state index in [1.54, 1.807) is 6.20 Å².